The Labute approximate surface area is 197 Å². The molecule has 1 aliphatic heterocycles. The van der Waals surface area contributed by atoms with Crippen molar-refractivity contribution in [3.05, 3.63) is 65.3 Å². The van der Waals surface area contributed by atoms with E-state index in [1.54, 1.807) is 19.4 Å². The standard InChI is InChI=1S/C25H27N7O2/c1-26-25-27-8-5-21(31-25)17-11-16-3-4-19(34-2)13-20(16)22(12-17)30-18-6-9-32(10-7-18)23-14-24(33)29-15-28-23/h3-5,8,11-15,18,30H,6-7,9-10H2,1-2H3,(H,26,27,31)(H,28,29,33). The predicted molar refractivity (Wildman–Crippen MR) is 135 cm³/mol. The van der Waals surface area contributed by atoms with Crippen LogP contribution in [0.2, 0.25) is 0 Å². The maximum atomic E-state index is 11.6. The summed E-state index contributed by atoms with van der Waals surface area (Å²) in [5.74, 6) is 2.13. The van der Waals surface area contributed by atoms with E-state index in [0.717, 1.165) is 65.2 Å². The summed E-state index contributed by atoms with van der Waals surface area (Å²) < 4.78 is 5.49. The zero-order valence-corrected chi connectivity index (χ0v) is 19.2. The van der Waals surface area contributed by atoms with Gasteiger partial charge >= 0.3 is 0 Å². The Morgan fingerprint density at radius 2 is 1.94 bits per heavy atom. The van der Waals surface area contributed by atoms with Crippen molar-refractivity contribution in [2.45, 2.75) is 18.9 Å². The van der Waals surface area contributed by atoms with E-state index in [2.05, 4.69) is 59.7 Å². The van der Waals surface area contributed by atoms with Gasteiger partial charge in [-0.3, -0.25) is 4.79 Å². The number of methoxy groups -OCH3 is 1. The molecular formula is C25H27N7O2. The van der Waals surface area contributed by atoms with Crippen molar-refractivity contribution in [1.29, 1.82) is 0 Å². The molecule has 1 saturated heterocycles. The molecule has 1 aliphatic rings. The largest absolute Gasteiger partial charge is 0.497 e. The van der Waals surface area contributed by atoms with Crippen LogP contribution in [0.3, 0.4) is 0 Å². The molecule has 3 heterocycles. The Bertz CT molecular complexity index is 1360. The molecule has 0 radical (unpaired) electrons. The fourth-order valence-electron chi connectivity index (χ4n) is 4.38. The number of hydrogen-bond donors (Lipinski definition) is 3. The van der Waals surface area contributed by atoms with Gasteiger partial charge in [0.25, 0.3) is 5.56 Å². The summed E-state index contributed by atoms with van der Waals surface area (Å²) >= 11 is 0. The Balaban J connectivity index is 1.44. The van der Waals surface area contributed by atoms with Crippen molar-refractivity contribution in [3.8, 4) is 17.0 Å². The second-order valence-electron chi connectivity index (χ2n) is 8.30. The Morgan fingerprint density at radius 3 is 2.71 bits per heavy atom. The van der Waals surface area contributed by atoms with E-state index in [9.17, 15) is 4.79 Å². The first kappa shape index (κ1) is 21.7. The highest BCUT2D eigenvalue weighted by molar-refractivity contribution is 5.98. The van der Waals surface area contributed by atoms with Crippen molar-refractivity contribution >= 4 is 28.2 Å². The summed E-state index contributed by atoms with van der Waals surface area (Å²) in [4.78, 5) is 29.6. The van der Waals surface area contributed by atoms with Crippen LogP contribution in [-0.4, -0.2) is 53.2 Å². The molecule has 34 heavy (non-hydrogen) atoms. The maximum absolute atomic E-state index is 11.6. The molecule has 3 N–H and O–H groups in total. The fraction of sp³-hybridized carbons (Fsp3) is 0.280. The number of hydrogen-bond acceptors (Lipinski definition) is 8. The number of rotatable bonds is 6. The number of nitrogens with zero attached hydrogens (tertiary/aromatic N) is 4. The number of aromatic amines is 1. The van der Waals surface area contributed by atoms with Gasteiger partial charge in [-0.1, -0.05) is 6.07 Å². The number of benzene rings is 2. The zero-order valence-electron chi connectivity index (χ0n) is 19.2. The monoisotopic (exact) mass is 457 g/mol. The number of fused-ring (bicyclic) bond motifs is 1. The summed E-state index contributed by atoms with van der Waals surface area (Å²) in [7, 11) is 3.49. The average molecular weight is 458 g/mol. The quantitative estimate of drug-likeness (QED) is 0.404. The van der Waals surface area contributed by atoms with Gasteiger partial charge in [0.1, 0.15) is 11.6 Å². The van der Waals surface area contributed by atoms with E-state index < -0.39 is 0 Å². The predicted octanol–water partition coefficient (Wildman–Crippen LogP) is 3.51. The molecular weight excluding hydrogens is 430 g/mol. The minimum atomic E-state index is -0.131. The van der Waals surface area contributed by atoms with Crippen LogP contribution in [0.1, 0.15) is 12.8 Å². The van der Waals surface area contributed by atoms with Gasteiger partial charge in [-0.25, -0.2) is 15.0 Å². The van der Waals surface area contributed by atoms with Crippen LogP contribution in [0.15, 0.2) is 59.8 Å². The minimum Gasteiger partial charge on any atom is -0.497 e. The van der Waals surface area contributed by atoms with Crippen molar-refractivity contribution in [3.63, 3.8) is 0 Å². The molecule has 5 rings (SSSR count). The molecule has 4 aromatic rings. The molecule has 1 fully saturated rings. The Kier molecular flexibility index (Phi) is 5.99. The van der Waals surface area contributed by atoms with Crippen LogP contribution in [-0.2, 0) is 0 Å². The third kappa shape index (κ3) is 4.50. The normalized spacial score (nSPS) is 14.2. The zero-order chi connectivity index (χ0) is 23.5. The third-order valence-corrected chi connectivity index (χ3v) is 6.18. The summed E-state index contributed by atoms with van der Waals surface area (Å²) in [6.45, 7) is 1.65. The van der Waals surface area contributed by atoms with Crippen molar-refractivity contribution in [2.24, 2.45) is 0 Å². The molecule has 0 saturated carbocycles. The topological polar surface area (TPSA) is 108 Å². The van der Waals surface area contributed by atoms with E-state index >= 15 is 0 Å². The Hall–Kier alpha value is -4.14. The molecule has 0 atom stereocenters. The molecule has 0 amide bonds. The molecule has 0 bridgehead atoms. The number of anilines is 3. The highest BCUT2D eigenvalue weighted by Crippen LogP contribution is 2.34. The van der Waals surface area contributed by atoms with Crippen LogP contribution >= 0.6 is 0 Å². The third-order valence-electron chi connectivity index (χ3n) is 6.18. The lowest BCUT2D eigenvalue weighted by atomic mass is 10.00. The van der Waals surface area contributed by atoms with Crippen molar-refractivity contribution in [2.75, 3.05) is 42.8 Å². The maximum Gasteiger partial charge on any atom is 0.252 e. The van der Waals surface area contributed by atoms with Gasteiger partial charge in [0.2, 0.25) is 5.95 Å². The summed E-state index contributed by atoms with van der Waals surface area (Å²) in [5, 5.41) is 8.98. The molecule has 0 spiro atoms. The number of piperidine rings is 1. The van der Waals surface area contributed by atoms with Gasteiger partial charge < -0.3 is 25.3 Å². The van der Waals surface area contributed by atoms with Crippen LogP contribution < -0.4 is 25.8 Å². The lowest BCUT2D eigenvalue weighted by Gasteiger charge is -2.33. The first-order valence-electron chi connectivity index (χ1n) is 11.3. The minimum absolute atomic E-state index is 0.131. The summed E-state index contributed by atoms with van der Waals surface area (Å²) in [6.07, 6.45) is 5.08. The Morgan fingerprint density at radius 1 is 1.09 bits per heavy atom. The second kappa shape index (κ2) is 9.38. The van der Waals surface area contributed by atoms with Crippen molar-refractivity contribution < 1.29 is 4.74 Å². The van der Waals surface area contributed by atoms with Gasteiger partial charge in [-0.2, -0.15) is 0 Å². The second-order valence-corrected chi connectivity index (χ2v) is 8.30. The van der Waals surface area contributed by atoms with Crippen LogP contribution in [0, 0.1) is 0 Å². The highest BCUT2D eigenvalue weighted by atomic mass is 16.5. The van der Waals surface area contributed by atoms with Crippen molar-refractivity contribution in [1.82, 2.24) is 19.9 Å². The van der Waals surface area contributed by atoms with Gasteiger partial charge in [0.05, 0.1) is 19.1 Å². The SMILES string of the molecule is CNc1nccc(-c2cc(NC3CCN(c4cc(=O)[nH]cn4)CC3)c3cc(OC)ccc3c2)n1. The fourth-order valence-corrected chi connectivity index (χ4v) is 4.38. The van der Waals surface area contributed by atoms with Crippen LogP contribution in [0.4, 0.5) is 17.5 Å². The van der Waals surface area contributed by atoms with E-state index in [4.69, 9.17) is 4.74 Å². The first-order chi connectivity index (χ1) is 16.6. The van der Waals surface area contributed by atoms with E-state index in [1.807, 2.05) is 19.2 Å². The van der Waals surface area contributed by atoms with E-state index in [1.165, 1.54) is 6.33 Å². The van der Waals surface area contributed by atoms with E-state index in [-0.39, 0.29) is 5.56 Å². The smallest absolute Gasteiger partial charge is 0.252 e. The number of aromatic nitrogens is 4. The molecule has 2 aromatic carbocycles. The lowest BCUT2D eigenvalue weighted by Crippen LogP contribution is -2.40. The van der Waals surface area contributed by atoms with Gasteiger partial charge in [-0.05, 0) is 48.6 Å². The summed E-state index contributed by atoms with van der Waals surface area (Å²) in [6, 6.07) is 14.2. The molecule has 174 valence electrons. The number of nitrogens with one attached hydrogen (secondary N) is 3. The van der Waals surface area contributed by atoms with Gasteiger partial charge in [0.15, 0.2) is 0 Å². The highest BCUT2D eigenvalue weighted by Gasteiger charge is 2.21. The summed E-state index contributed by atoms with van der Waals surface area (Å²) in [5.41, 5.74) is 2.79. The van der Waals surface area contributed by atoms with Gasteiger partial charge in [0, 0.05) is 55.1 Å². The number of H-pyrrole nitrogens is 1. The molecule has 9 nitrogen and oxygen atoms in total. The lowest BCUT2D eigenvalue weighted by molar-refractivity contribution is 0.415. The first-order valence-corrected chi connectivity index (χ1v) is 11.3. The van der Waals surface area contributed by atoms with Crippen LogP contribution in [0.25, 0.3) is 22.0 Å². The molecule has 0 aliphatic carbocycles. The molecule has 0 unspecified atom stereocenters. The number of ether oxygens (including phenoxy) is 1. The molecule has 2 aromatic heterocycles. The van der Waals surface area contributed by atoms with Crippen LogP contribution in [0.5, 0.6) is 5.75 Å². The van der Waals surface area contributed by atoms with E-state index in [0.29, 0.717) is 12.0 Å². The van der Waals surface area contributed by atoms with Gasteiger partial charge in [-0.15, -0.1) is 0 Å². The average Bonchev–Trinajstić information content (AvgIpc) is 2.89. The molecule has 9 heteroatoms.